The van der Waals surface area contributed by atoms with Gasteiger partial charge in [0.25, 0.3) is 5.91 Å². The monoisotopic (exact) mass is 457 g/mol. The van der Waals surface area contributed by atoms with E-state index in [-0.39, 0.29) is 17.6 Å². The van der Waals surface area contributed by atoms with Gasteiger partial charge in [0.2, 0.25) is 17.6 Å². The minimum absolute atomic E-state index is 0.0970. The fraction of sp³-hybridized carbons (Fsp3) is 0.364. The predicted octanol–water partition coefficient (Wildman–Crippen LogP) is 2.84. The molecule has 168 valence electrons. The number of carbonyl (C=O) groups excluding carboxylic acids is 2. The van der Waals surface area contributed by atoms with Crippen LogP contribution in [0.4, 0.5) is 0 Å². The van der Waals surface area contributed by atoms with Gasteiger partial charge in [-0.2, -0.15) is 4.98 Å². The molecule has 4 rings (SSSR count). The smallest absolute Gasteiger partial charge is 0.286 e. The Balaban J connectivity index is 1.16. The Kier molecular flexibility index (Phi) is 7.18. The van der Waals surface area contributed by atoms with E-state index in [0.29, 0.717) is 55.8 Å². The van der Waals surface area contributed by atoms with E-state index in [1.807, 2.05) is 17.0 Å². The third-order valence-electron chi connectivity index (χ3n) is 5.25. The highest BCUT2D eigenvalue weighted by Crippen LogP contribution is 2.19. The predicted molar refractivity (Wildman–Crippen MR) is 117 cm³/mol. The third kappa shape index (κ3) is 5.74. The number of furan rings is 1. The summed E-state index contributed by atoms with van der Waals surface area (Å²) in [6.45, 7) is 3.74. The molecule has 1 N–H and O–H groups in total. The van der Waals surface area contributed by atoms with Crippen LogP contribution in [0.5, 0.6) is 0 Å². The third-order valence-corrected chi connectivity index (χ3v) is 5.50. The molecule has 0 aliphatic carbocycles. The molecule has 1 aliphatic rings. The summed E-state index contributed by atoms with van der Waals surface area (Å²) in [5, 5.41) is 7.45. The average Bonchev–Trinajstić information content (AvgIpc) is 3.50. The molecule has 3 heterocycles. The largest absolute Gasteiger partial charge is 0.459 e. The molecule has 0 radical (unpaired) electrons. The maximum atomic E-state index is 12.4. The van der Waals surface area contributed by atoms with Crippen LogP contribution in [0.2, 0.25) is 5.02 Å². The summed E-state index contributed by atoms with van der Waals surface area (Å²) in [5.41, 5.74) is 0.847. The number of halogens is 1. The lowest BCUT2D eigenvalue weighted by molar-refractivity contribution is -0.133. The van der Waals surface area contributed by atoms with Crippen molar-refractivity contribution in [3.63, 3.8) is 0 Å². The van der Waals surface area contributed by atoms with Crippen molar-refractivity contribution in [2.24, 2.45) is 0 Å². The first-order valence-electron chi connectivity index (χ1n) is 10.5. The van der Waals surface area contributed by atoms with Crippen LogP contribution >= 0.6 is 11.6 Å². The maximum absolute atomic E-state index is 12.4. The number of nitrogens with zero attached hydrogens (tertiary/aromatic N) is 4. The Hall–Kier alpha value is -3.17. The Morgan fingerprint density at radius 3 is 2.59 bits per heavy atom. The van der Waals surface area contributed by atoms with Crippen LogP contribution in [0, 0.1) is 0 Å². The Bertz CT molecular complexity index is 1030. The van der Waals surface area contributed by atoms with Crippen molar-refractivity contribution >= 4 is 23.4 Å². The molecule has 1 aliphatic heterocycles. The molecule has 2 amide bonds. The Morgan fingerprint density at radius 2 is 1.88 bits per heavy atom. The first-order valence-corrected chi connectivity index (χ1v) is 10.9. The summed E-state index contributed by atoms with van der Waals surface area (Å²) in [6.07, 6.45) is 2.43. The highest BCUT2D eigenvalue weighted by molar-refractivity contribution is 6.30. The number of hydrogen-bond donors (Lipinski definition) is 1. The van der Waals surface area contributed by atoms with E-state index in [4.69, 9.17) is 20.5 Å². The van der Waals surface area contributed by atoms with Crippen LogP contribution in [0.15, 0.2) is 51.6 Å². The molecule has 0 atom stereocenters. The lowest BCUT2D eigenvalue weighted by Crippen LogP contribution is -2.48. The summed E-state index contributed by atoms with van der Waals surface area (Å²) < 4.78 is 10.4. The van der Waals surface area contributed by atoms with E-state index < -0.39 is 0 Å². The number of piperazine rings is 1. The van der Waals surface area contributed by atoms with Crippen molar-refractivity contribution in [3.05, 3.63) is 59.3 Å². The van der Waals surface area contributed by atoms with Crippen molar-refractivity contribution in [1.29, 1.82) is 0 Å². The zero-order valence-electron chi connectivity index (χ0n) is 17.5. The topological polar surface area (TPSA) is 105 Å². The number of hydrogen-bond acceptors (Lipinski definition) is 7. The SMILES string of the molecule is O=C(NCCCC(=O)N1CCN(Cc2nc(-c3ccc(Cl)cc3)no2)CC1)c1ccco1. The first-order chi connectivity index (χ1) is 15.6. The van der Waals surface area contributed by atoms with Gasteiger partial charge in [0.05, 0.1) is 12.8 Å². The minimum Gasteiger partial charge on any atom is -0.459 e. The normalized spacial score (nSPS) is 14.5. The van der Waals surface area contributed by atoms with Crippen LogP contribution in [0.3, 0.4) is 0 Å². The lowest BCUT2D eigenvalue weighted by atomic mass is 10.2. The number of aromatic nitrogens is 2. The minimum atomic E-state index is -0.267. The fourth-order valence-electron chi connectivity index (χ4n) is 3.48. The summed E-state index contributed by atoms with van der Waals surface area (Å²) in [7, 11) is 0. The van der Waals surface area contributed by atoms with Gasteiger partial charge in [-0.1, -0.05) is 16.8 Å². The highest BCUT2D eigenvalue weighted by atomic mass is 35.5. The van der Waals surface area contributed by atoms with E-state index in [2.05, 4.69) is 20.4 Å². The molecule has 32 heavy (non-hydrogen) atoms. The van der Waals surface area contributed by atoms with Crippen LogP contribution in [-0.2, 0) is 11.3 Å². The van der Waals surface area contributed by atoms with Gasteiger partial charge in [-0.05, 0) is 42.8 Å². The van der Waals surface area contributed by atoms with E-state index in [1.165, 1.54) is 6.26 Å². The molecule has 1 fully saturated rings. The van der Waals surface area contributed by atoms with Gasteiger partial charge >= 0.3 is 0 Å². The van der Waals surface area contributed by atoms with Crippen molar-refractivity contribution in [3.8, 4) is 11.4 Å². The molecule has 1 aromatic carbocycles. The second kappa shape index (κ2) is 10.4. The molecular weight excluding hydrogens is 434 g/mol. The summed E-state index contributed by atoms with van der Waals surface area (Å²) in [5.74, 6) is 1.18. The Labute approximate surface area is 190 Å². The van der Waals surface area contributed by atoms with Crippen molar-refractivity contribution < 1.29 is 18.5 Å². The van der Waals surface area contributed by atoms with Crippen LogP contribution in [0.25, 0.3) is 11.4 Å². The van der Waals surface area contributed by atoms with Crippen molar-refractivity contribution in [2.45, 2.75) is 19.4 Å². The second-order valence-electron chi connectivity index (χ2n) is 7.51. The second-order valence-corrected chi connectivity index (χ2v) is 7.95. The molecule has 0 spiro atoms. The van der Waals surface area contributed by atoms with Gasteiger partial charge < -0.3 is 19.2 Å². The van der Waals surface area contributed by atoms with E-state index in [0.717, 1.165) is 18.7 Å². The fourth-order valence-corrected chi connectivity index (χ4v) is 3.60. The summed E-state index contributed by atoms with van der Waals surface area (Å²) in [4.78, 5) is 32.8. The number of amides is 2. The van der Waals surface area contributed by atoms with E-state index >= 15 is 0 Å². The number of rotatable bonds is 8. The number of nitrogens with one attached hydrogen (secondary N) is 1. The molecule has 9 nitrogen and oxygen atoms in total. The summed E-state index contributed by atoms with van der Waals surface area (Å²) in [6, 6.07) is 10.5. The zero-order valence-corrected chi connectivity index (χ0v) is 18.3. The van der Waals surface area contributed by atoms with Gasteiger partial charge in [0.1, 0.15) is 0 Å². The standard InChI is InChI=1S/C22H24ClN5O4/c23-17-7-5-16(6-8-17)21-25-19(32-26-21)15-27-10-12-28(13-11-27)20(29)4-1-9-24-22(30)18-3-2-14-31-18/h2-3,5-8,14H,1,4,9-13,15H2,(H,24,30). The van der Waals surface area contributed by atoms with Gasteiger partial charge in [-0.25, -0.2) is 0 Å². The molecule has 0 bridgehead atoms. The van der Waals surface area contributed by atoms with Crippen LogP contribution in [-0.4, -0.2) is 64.5 Å². The first kappa shape index (κ1) is 22.0. The van der Waals surface area contributed by atoms with Crippen LogP contribution < -0.4 is 5.32 Å². The molecule has 1 saturated heterocycles. The summed E-state index contributed by atoms with van der Waals surface area (Å²) >= 11 is 5.92. The van der Waals surface area contributed by atoms with E-state index in [9.17, 15) is 9.59 Å². The number of benzene rings is 1. The lowest BCUT2D eigenvalue weighted by Gasteiger charge is -2.34. The zero-order chi connectivity index (χ0) is 22.3. The maximum Gasteiger partial charge on any atom is 0.286 e. The van der Waals surface area contributed by atoms with Gasteiger partial charge in [-0.15, -0.1) is 0 Å². The molecule has 3 aromatic rings. The highest BCUT2D eigenvalue weighted by Gasteiger charge is 2.22. The molecule has 10 heteroatoms. The van der Waals surface area contributed by atoms with E-state index in [1.54, 1.807) is 24.3 Å². The van der Waals surface area contributed by atoms with Gasteiger partial charge in [0, 0.05) is 49.7 Å². The van der Waals surface area contributed by atoms with Gasteiger partial charge in [0.15, 0.2) is 5.76 Å². The average molecular weight is 458 g/mol. The quantitative estimate of drug-likeness (QED) is 0.518. The molecule has 0 unspecified atom stereocenters. The van der Waals surface area contributed by atoms with Crippen LogP contribution in [0.1, 0.15) is 29.3 Å². The Morgan fingerprint density at radius 1 is 1.09 bits per heavy atom. The molecule has 0 saturated carbocycles. The van der Waals surface area contributed by atoms with Crippen molar-refractivity contribution in [2.75, 3.05) is 32.7 Å². The van der Waals surface area contributed by atoms with Crippen molar-refractivity contribution in [1.82, 2.24) is 25.3 Å². The van der Waals surface area contributed by atoms with Gasteiger partial charge in [-0.3, -0.25) is 14.5 Å². The number of carbonyl (C=O) groups is 2. The molecular formula is C22H24ClN5O4. The molecule has 2 aromatic heterocycles.